The maximum absolute atomic E-state index is 3.18. The third-order valence-corrected chi connectivity index (χ3v) is 3.65. The third-order valence-electron chi connectivity index (χ3n) is 2.52. The van der Waals surface area contributed by atoms with Crippen LogP contribution in [0.5, 0.6) is 0 Å². The Bertz CT molecular complexity index is 465. The SMILES string of the molecule is CNCc1ccc(-c2cc(C)cc(C)c2)s1. The van der Waals surface area contributed by atoms with Crippen molar-refractivity contribution in [3.05, 3.63) is 46.3 Å². The Labute approximate surface area is 101 Å². The maximum Gasteiger partial charge on any atom is 0.0346 e. The summed E-state index contributed by atoms with van der Waals surface area (Å²) in [7, 11) is 1.98. The molecule has 2 aromatic rings. The van der Waals surface area contributed by atoms with Crippen LogP contribution in [0.15, 0.2) is 30.3 Å². The lowest BCUT2D eigenvalue weighted by molar-refractivity contribution is 0.831. The molecule has 0 aliphatic heterocycles. The lowest BCUT2D eigenvalue weighted by Crippen LogP contribution is -2.02. The van der Waals surface area contributed by atoms with Crippen LogP contribution in [0.4, 0.5) is 0 Å². The van der Waals surface area contributed by atoms with Crippen LogP contribution in [0.25, 0.3) is 10.4 Å². The quantitative estimate of drug-likeness (QED) is 0.848. The summed E-state index contributed by atoms with van der Waals surface area (Å²) < 4.78 is 0. The summed E-state index contributed by atoms with van der Waals surface area (Å²) in [6.07, 6.45) is 0. The second kappa shape index (κ2) is 4.81. The van der Waals surface area contributed by atoms with Gasteiger partial charge in [-0.1, -0.05) is 29.3 Å². The number of rotatable bonds is 3. The van der Waals surface area contributed by atoms with Crippen molar-refractivity contribution in [2.75, 3.05) is 7.05 Å². The van der Waals surface area contributed by atoms with Gasteiger partial charge in [-0.3, -0.25) is 0 Å². The summed E-state index contributed by atoms with van der Waals surface area (Å²) in [4.78, 5) is 2.74. The van der Waals surface area contributed by atoms with Gasteiger partial charge in [0.2, 0.25) is 0 Å². The number of thiophene rings is 1. The van der Waals surface area contributed by atoms with Gasteiger partial charge in [-0.2, -0.15) is 0 Å². The Morgan fingerprint density at radius 3 is 2.38 bits per heavy atom. The van der Waals surface area contributed by atoms with Crippen molar-refractivity contribution in [3.8, 4) is 10.4 Å². The van der Waals surface area contributed by atoms with E-state index in [1.165, 1.54) is 26.4 Å². The fraction of sp³-hybridized carbons (Fsp3) is 0.286. The van der Waals surface area contributed by atoms with Gasteiger partial charge >= 0.3 is 0 Å². The van der Waals surface area contributed by atoms with Crippen molar-refractivity contribution in [1.29, 1.82) is 0 Å². The fourth-order valence-electron chi connectivity index (χ4n) is 1.92. The van der Waals surface area contributed by atoms with Crippen molar-refractivity contribution in [2.24, 2.45) is 0 Å². The van der Waals surface area contributed by atoms with Gasteiger partial charge in [0.25, 0.3) is 0 Å². The molecular weight excluding hydrogens is 214 g/mol. The molecule has 0 radical (unpaired) electrons. The number of hydrogen-bond donors (Lipinski definition) is 1. The molecule has 0 aliphatic rings. The van der Waals surface area contributed by atoms with E-state index in [1.54, 1.807) is 0 Å². The van der Waals surface area contributed by atoms with E-state index in [0.717, 1.165) is 6.54 Å². The largest absolute Gasteiger partial charge is 0.315 e. The number of aryl methyl sites for hydroxylation is 2. The zero-order valence-electron chi connectivity index (χ0n) is 10.0. The van der Waals surface area contributed by atoms with Crippen molar-refractivity contribution < 1.29 is 0 Å². The topological polar surface area (TPSA) is 12.0 Å². The molecule has 0 spiro atoms. The Hall–Kier alpha value is -1.12. The molecule has 84 valence electrons. The minimum atomic E-state index is 0.954. The van der Waals surface area contributed by atoms with Gasteiger partial charge in [0.05, 0.1) is 0 Å². The first-order chi connectivity index (χ1) is 7.69. The van der Waals surface area contributed by atoms with Crippen molar-refractivity contribution >= 4 is 11.3 Å². The van der Waals surface area contributed by atoms with Crippen molar-refractivity contribution in [3.63, 3.8) is 0 Å². The lowest BCUT2D eigenvalue weighted by atomic mass is 10.1. The van der Waals surface area contributed by atoms with Crippen LogP contribution >= 0.6 is 11.3 Å². The number of hydrogen-bond acceptors (Lipinski definition) is 2. The van der Waals surface area contributed by atoms with Gasteiger partial charge in [0.1, 0.15) is 0 Å². The van der Waals surface area contributed by atoms with Crippen LogP contribution < -0.4 is 5.32 Å². The van der Waals surface area contributed by atoms with Gasteiger partial charge in [0.15, 0.2) is 0 Å². The molecule has 1 aromatic carbocycles. The predicted octanol–water partition coefficient (Wildman–Crippen LogP) is 3.75. The lowest BCUT2D eigenvalue weighted by Gasteiger charge is -2.02. The van der Waals surface area contributed by atoms with Crippen molar-refractivity contribution in [2.45, 2.75) is 20.4 Å². The summed E-state index contributed by atoms with van der Waals surface area (Å²) in [5.41, 5.74) is 4.00. The summed E-state index contributed by atoms with van der Waals surface area (Å²) in [5.74, 6) is 0. The minimum Gasteiger partial charge on any atom is -0.315 e. The Balaban J connectivity index is 2.34. The molecule has 0 fully saturated rings. The molecule has 16 heavy (non-hydrogen) atoms. The average Bonchev–Trinajstić information content (AvgIpc) is 2.65. The maximum atomic E-state index is 3.18. The molecule has 2 rings (SSSR count). The molecule has 0 atom stereocenters. The Morgan fingerprint density at radius 1 is 1.06 bits per heavy atom. The van der Waals surface area contributed by atoms with E-state index < -0.39 is 0 Å². The smallest absolute Gasteiger partial charge is 0.0346 e. The summed E-state index contributed by atoms with van der Waals surface area (Å²) in [6.45, 7) is 5.26. The van der Waals surface area contributed by atoms with Gasteiger partial charge in [-0.15, -0.1) is 11.3 Å². The summed E-state index contributed by atoms with van der Waals surface area (Å²) in [6, 6.07) is 11.1. The van der Waals surface area contributed by atoms with Gasteiger partial charge < -0.3 is 5.32 Å². The average molecular weight is 231 g/mol. The second-order valence-electron chi connectivity index (χ2n) is 4.17. The van der Waals surface area contributed by atoms with Crippen LogP contribution in [-0.4, -0.2) is 7.05 Å². The third kappa shape index (κ3) is 2.52. The van der Waals surface area contributed by atoms with Crippen LogP contribution in [0, 0.1) is 13.8 Å². The number of benzene rings is 1. The van der Waals surface area contributed by atoms with E-state index >= 15 is 0 Å². The van der Waals surface area contributed by atoms with E-state index in [1.807, 2.05) is 18.4 Å². The zero-order valence-corrected chi connectivity index (χ0v) is 10.8. The Morgan fingerprint density at radius 2 is 1.75 bits per heavy atom. The van der Waals surface area contributed by atoms with Crippen LogP contribution in [0.3, 0.4) is 0 Å². The molecule has 0 saturated carbocycles. The van der Waals surface area contributed by atoms with Gasteiger partial charge in [-0.05, 0) is 38.6 Å². The molecule has 1 heterocycles. The zero-order chi connectivity index (χ0) is 11.5. The van der Waals surface area contributed by atoms with Crippen LogP contribution in [0.2, 0.25) is 0 Å². The molecule has 1 aromatic heterocycles. The molecule has 0 saturated heterocycles. The highest BCUT2D eigenvalue weighted by Crippen LogP contribution is 2.29. The monoisotopic (exact) mass is 231 g/mol. The summed E-state index contributed by atoms with van der Waals surface area (Å²) >= 11 is 1.87. The highest BCUT2D eigenvalue weighted by molar-refractivity contribution is 7.15. The van der Waals surface area contributed by atoms with E-state index in [2.05, 4.69) is 49.5 Å². The van der Waals surface area contributed by atoms with E-state index in [0.29, 0.717) is 0 Å². The van der Waals surface area contributed by atoms with Crippen molar-refractivity contribution in [1.82, 2.24) is 5.32 Å². The first kappa shape index (κ1) is 11.4. The standard InChI is InChI=1S/C14H17NS/c1-10-6-11(2)8-12(7-10)14-5-4-13(16-14)9-15-3/h4-8,15H,9H2,1-3H3. The van der Waals surface area contributed by atoms with E-state index in [9.17, 15) is 0 Å². The highest BCUT2D eigenvalue weighted by atomic mass is 32.1. The second-order valence-corrected chi connectivity index (χ2v) is 5.34. The Kier molecular flexibility index (Phi) is 3.42. The normalized spacial score (nSPS) is 10.7. The molecule has 0 aliphatic carbocycles. The van der Waals surface area contributed by atoms with E-state index in [4.69, 9.17) is 0 Å². The predicted molar refractivity (Wildman–Crippen MR) is 72.0 cm³/mol. The molecular formula is C14H17NS. The molecule has 1 nitrogen and oxygen atoms in total. The van der Waals surface area contributed by atoms with Gasteiger partial charge in [-0.25, -0.2) is 0 Å². The first-order valence-corrected chi connectivity index (χ1v) is 6.32. The molecule has 0 unspecified atom stereocenters. The fourth-order valence-corrected chi connectivity index (χ4v) is 2.93. The van der Waals surface area contributed by atoms with E-state index in [-0.39, 0.29) is 0 Å². The van der Waals surface area contributed by atoms with Gasteiger partial charge in [0, 0.05) is 16.3 Å². The molecule has 0 amide bonds. The number of nitrogens with one attached hydrogen (secondary N) is 1. The first-order valence-electron chi connectivity index (χ1n) is 5.51. The molecule has 2 heteroatoms. The minimum absolute atomic E-state index is 0.954. The van der Waals surface area contributed by atoms with Crippen LogP contribution in [0.1, 0.15) is 16.0 Å². The van der Waals surface area contributed by atoms with Crippen LogP contribution in [-0.2, 0) is 6.54 Å². The highest BCUT2D eigenvalue weighted by Gasteiger charge is 2.03. The summed E-state index contributed by atoms with van der Waals surface area (Å²) in [5, 5.41) is 3.18. The molecule has 0 bridgehead atoms. The molecule has 1 N–H and O–H groups in total.